The summed E-state index contributed by atoms with van der Waals surface area (Å²) in [5.74, 6) is 0. The van der Waals surface area contributed by atoms with Crippen molar-refractivity contribution in [3.8, 4) is 0 Å². The second-order valence-corrected chi connectivity index (χ2v) is 10.7. The van der Waals surface area contributed by atoms with Crippen LogP contribution in [0.5, 0.6) is 0 Å². The predicted molar refractivity (Wildman–Crippen MR) is 166 cm³/mol. The number of hydrogen-bond acceptors (Lipinski definition) is 4. The molecule has 1 unspecified atom stereocenters. The first-order valence-corrected chi connectivity index (χ1v) is 13.2. The van der Waals surface area contributed by atoms with Gasteiger partial charge in [-0.25, -0.2) is 0 Å². The van der Waals surface area contributed by atoms with E-state index in [2.05, 4.69) is 74.6 Å². The van der Waals surface area contributed by atoms with Gasteiger partial charge in [0.2, 0.25) is 0 Å². The van der Waals surface area contributed by atoms with Gasteiger partial charge in [0.25, 0.3) is 0 Å². The first-order valence-electron chi connectivity index (χ1n) is 10.6. The Labute approximate surface area is 245 Å². The molecule has 0 saturated carbocycles. The fourth-order valence-corrected chi connectivity index (χ4v) is 2.49. The van der Waals surface area contributed by atoms with E-state index in [1.165, 1.54) is 51.4 Å². The smallest absolute Gasteiger partial charge is 0.371 e. The van der Waals surface area contributed by atoms with Crippen LogP contribution >= 0.6 is 74.5 Å². The second kappa shape index (κ2) is 31.6. The van der Waals surface area contributed by atoms with Crippen LogP contribution in [0.1, 0.15) is 78.1 Å². The van der Waals surface area contributed by atoms with E-state index >= 15 is 0 Å². The van der Waals surface area contributed by atoms with E-state index in [0.717, 1.165) is 25.9 Å². The third kappa shape index (κ3) is 49.7. The molecule has 0 aliphatic carbocycles. The van der Waals surface area contributed by atoms with E-state index in [-0.39, 0.29) is 27.3 Å². The summed E-state index contributed by atoms with van der Waals surface area (Å²) in [5.41, 5.74) is 5.61. The van der Waals surface area contributed by atoms with Crippen molar-refractivity contribution in [2.45, 2.75) is 84.1 Å². The number of unbranched alkanes of at least 4 members (excludes halogenated alkanes) is 7. The Morgan fingerprint density at radius 2 is 1.16 bits per heavy atom. The Morgan fingerprint density at radius 3 is 1.45 bits per heavy atom. The molecule has 0 aliphatic rings. The summed E-state index contributed by atoms with van der Waals surface area (Å²) in [5, 5.41) is 6.00. The van der Waals surface area contributed by atoms with Crippen molar-refractivity contribution in [2.24, 2.45) is 5.73 Å². The average Bonchev–Trinajstić information content (AvgIpc) is 2.64. The zero-order valence-electron chi connectivity index (χ0n) is 19.7. The molecule has 0 aliphatic heterocycles. The minimum absolute atomic E-state index is 0. The van der Waals surface area contributed by atoms with Crippen LogP contribution in [0.4, 0.5) is 0 Å². The quantitative estimate of drug-likeness (QED) is 0.0671. The summed E-state index contributed by atoms with van der Waals surface area (Å²) < 4.78 is 1.77. The van der Waals surface area contributed by atoms with Gasteiger partial charge in [0.1, 0.15) is 13.0 Å². The van der Waals surface area contributed by atoms with Crippen molar-refractivity contribution in [3.63, 3.8) is 0 Å². The van der Waals surface area contributed by atoms with Crippen LogP contribution in [0.3, 0.4) is 0 Å². The van der Waals surface area contributed by atoms with E-state index in [4.69, 9.17) is 30.2 Å². The Morgan fingerprint density at radius 1 is 0.806 bits per heavy atom. The predicted octanol–water partition coefficient (Wildman–Crippen LogP) is 5.23. The number of hydrogen-bond donors (Lipinski definition) is 6. The van der Waals surface area contributed by atoms with Gasteiger partial charge in [-0.3, -0.25) is 0 Å². The molecule has 0 spiro atoms. The number of rotatable bonds is 13. The molecule has 0 fully saturated rings. The van der Waals surface area contributed by atoms with Crippen molar-refractivity contribution in [3.05, 3.63) is 0 Å². The fourth-order valence-electron chi connectivity index (χ4n) is 2.06. The molecule has 0 amide bonds. The summed E-state index contributed by atoms with van der Waals surface area (Å²) in [4.78, 5) is 1.76. The molecule has 0 rings (SSSR count). The first kappa shape index (κ1) is 39.8. The standard InChI is InChI=1S/C9H21N.C8H16N2S4.C3H7NS2.Pb/c1-3-4-5-6-7-8-9(2)10;11-7(12)9-5-3-1-2-4-6-10-8(13)14;1-4(2)3(5)6;/h9H,3-8,10H2,1-2H3;1-6H2,(H2,9,11,12)(H2,10,13,14);1-2H3,(H,5,6);/q;;;+2. The normalized spacial score (nSPS) is 10.2. The number of nitrogens with one attached hydrogen (secondary N) is 2. The molecule has 4 N–H and O–H groups in total. The number of thiocarbonyl (C=S) groups is 3. The fraction of sp³-hybridized carbons (Fsp3) is 0.850. The molecule has 31 heavy (non-hydrogen) atoms. The third-order valence-electron chi connectivity index (χ3n) is 3.80. The van der Waals surface area contributed by atoms with E-state index in [1.807, 2.05) is 14.1 Å². The van der Waals surface area contributed by atoms with Crippen LogP contribution in [-0.2, 0) is 0 Å². The number of nitrogens with zero attached hydrogens (tertiary/aromatic N) is 1. The van der Waals surface area contributed by atoms with E-state index in [9.17, 15) is 0 Å². The van der Waals surface area contributed by atoms with Gasteiger partial charge in [0.15, 0.2) is 0 Å². The molecule has 0 aromatic rings. The van der Waals surface area contributed by atoms with Crippen LogP contribution in [0.2, 0.25) is 0 Å². The minimum atomic E-state index is 0. The van der Waals surface area contributed by atoms with Crippen LogP contribution < -0.4 is 16.4 Å². The monoisotopic (exact) mass is 740 g/mol. The van der Waals surface area contributed by atoms with Crippen molar-refractivity contribution < 1.29 is 0 Å². The van der Waals surface area contributed by atoms with Crippen molar-refractivity contribution in [2.75, 3.05) is 27.2 Å². The van der Waals surface area contributed by atoms with E-state index < -0.39 is 0 Å². The van der Waals surface area contributed by atoms with Crippen molar-refractivity contribution in [1.29, 1.82) is 0 Å². The van der Waals surface area contributed by atoms with Gasteiger partial charge in [-0.2, -0.15) is 0 Å². The van der Waals surface area contributed by atoms with Crippen LogP contribution in [0.15, 0.2) is 0 Å². The SMILES string of the molecule is CCCCCCCC(C)N.CN(C)C(=S)S.S=C(S)NCCCCCCNC(=S)S.[Pb+2]. The number of thiol groups is 3. The Kier molecular flexibility index (Phi) is 40.6. The Bertz CT molecular complexity index is 406. The summed E-state index contributed by atoms with van der Waals surface area (Å²) >= 11 is 25.9. The molecular formula is C20H44N4PbS6+2. The Hall–Kier alpha value is 1.60. The van der Waals surface area contributed by atoms with Gasteiger partial charge in [-0.1, -0.05) is 88.5 Å². The summed E-state index contributed by atoms with van der Waals surface area (Å²) in [6.07, 6.45) is 12.7. The van der Waals surface area contributed by atoms with Crippen LogP contribution in [0.25, 0.3) is 0 Å². The molecule has 11 heteroatoms. The second-order valence-electron chi connectivity index (χ2n) is 7.24. The van der Waals surface area contributed by atoms with Crippen LogP contribution in [-0.4, -0.2) is 78.4 Å². The molecule has 182 valence electrons. The largest absolute Gasteiger partial charge is 2.00 e. The maximum Gasteiger partial charge on any atom is 2.00 e. The third-order valence-corrected chi connectivity index (χ3v) is 5.17. The molecule has 2 radical (unpaired) electrons. The van der Waals surface area contributed by atoms with Gasteiger partial charge in [-0.15, -0.1) is 37.9 Å². The molecule has 0 bridgehead atoms. The van der Waals surface area contributed by atoms with E-state index in [0.29, 0.717) is 19.0 Å². The Balaban J connectivity index is -0.000000188. The van der Waals surface area contributed by atoms with E-state index in [1.54, 1.807) is 4.90 Å². The molecule has 0 aromatic carbocycles. The number of nitrogens with two attached hydrogens (primary N) is 1. The molecule has 0 aromatic heterocycles. The zero-order valence-corrected chi connectivity index (χ0v) is 28.7. The summed E-state index contributed by atoms with van der Waals surface area (Å²) in [6.45, 7) is 6.16. The zero-order chi connectivity index (χ0) is 23.8. The van der Waals surface area contributed by atoms with Gasteiger partial charge in [-0.05, 0) is 26.2 Å². The first-order chi connectivity index (χ1) is 14.0. The van der Waals surface area contributed by atoms with Gasteiger partial charge in [0, 0.05) is 33.2 Å². The van der Waals surface area contributed by atoms with Crippen molar-refractivity contribution in [1.82, 2.24) is 15.5 Å². The molecular weight excluding hydrogens is 696 g/mol. The van der Waals surface area contributed by atoms with Crippen LogP contribution in [0, 0.1) is 0 Å². The maximum atomic E-state index is 5.61. The molecule has 1 atom stereocenters. The summed E-state index contributed by atoms with van der Waals surface area (Å²) in [7, 11) is 3.71. The molecule has 4 nitrogen and oxygen atoms in total. The molecule has 0 saturated heterocycles. The maximum absolute atomic E-state index is 5.61. The average molecular weight is 740 g/mol. The minimum Gasteiger partial charge on any atom is -0.371 e. The topological polar surface area (TPSA) is 53.3 Å². The van der Waals surface area contributed by atoms with Crippen molar-refractivity contribution >= 4 is 115 Å². The van der Waals surface area contributed by atoms with Gasteiger partial charge in [0.05, 0.1) is 0 Å². The molecule has 0 heterocycles. The van der Waals surface area contributed by atoms with Gasteiger partial charge >= 0.3 is 27.3 Å². The summed E-state index contributed by atoms with van der Waals surface area (Å²) in [6, 6.07) is 0.404. The van der Waals surface area contributed by atoms with Gasteiger partial charge < -0.3 is 21.3 Å².